The van der Waals surface area contributed by atoms with Gasteiger partial charge in [0.2, 0.25) is 0 Å². The maximum atomic E-state index is 12.8. The largest absolute Gasteiger partial charge is 0.393 e. The van der Waals surface area contributed by atoms with Crippen molar-refractivity contribution in [2.45, 2.75) is 39.2 Å². The molecule has 1 amide bonds. The van der Waals surface area contributed by atoms with Crippen molar-refractivity contribution < 1.29 is 9.90 Å². The van der Waals surface area contributed by atoms with E-state index in [2.05, 4.69) is 18.8 Å². The van der Waals surface area contributed by atoms with Crippen LogP contribution in [-0.4, -0.2) is 40.1 Å². The zero-order chi connectivity index (χ0) is 19.4. The summed E-state index contributed by atoms with van der Waals surface area (Å²) in [5.41, 5.74) is 1.43. The number of benzene rings is 1. The van der Waals surface area contributed by atoms with Gasteiger partial charge in [0.25, 0.3) is 11.5 Å². The zero-order valence-corrected chi connectivity index (χ0v) is 16.0. The maximum absolute atomic E-state index is 12.8. The van der Waals surface area contributed by atoms with Crippen LogP contribution in [0.2, 0.25) is 0 Å². The number of hydrogen-bond donors (Lipinski definition) is 2. The Kier molecular flexibility index (Phi) is 6.11. The number of rotatable bonds is 5. The van der Waals surface area contributed by atoms with Gasteiger partial charge < -0.3 is 15.0 Å². The van der Waals surface area contributed by atoms with E-state index < -0.39 is 0 Å². The molecule has 0 unspecified atom stereocenters. The van der Waals surface area contributed by atoms with Gasteiger partial charge in [-0.25, -0.2) is 0 Å². The fraction of sp³-hybridized carbons (Fsp3) is 0.455. The predicted molar refractivity (Wildman–Crippen MR) is 107 cm³/mol. The average Bonchev–Trinajstić information content (AvgIpc) is 2.67. The maximum Gasteiger partial charge on any atom is 0.261 e. The molecule has 2 N–H and O–H groups in total. The van der Waals surface area contributed by atoms with Crippen LogP contribution in [0.15, 0.2) is 47.3 Å². The molecule has 27 heavy (non-hydrogen) atoms. The highest BCUT2D eigenvalue weighted by Gasteiger charge is 2.29. The molecule has 0 saturated carbocycles. The molecule has 3 rings (SSSR count). The first-order valence-corrected chi connectivity index (χ1v) is 9.71. The lowest BCUT2D eigenvalue weighted by Crippen LogP contribution is -2.43. The molecule has 1 saturated heterocycles. The minimum Gasteiger partial charge on any atom is -0.393 e. The number of aliphatic hydroxyl groups is 1. The van der Waals surface area contributed by atoms with E-state index in [0.717, 1.165) is 24.8 Å². The van der Waals surface area contributed by atoms with Crippen LogP contribution in [0.3, 0.4) is 0 Å². The fourth-order valence-corrected chi connectivity index (χ4v) is 3.76. The second-order valence-corrected chi connectivity index (χ2v) is 7.81. The van der Waals surface area contributed by atoms with E-state index in [1.54, 1.807) is 17.0 Å². The third-order valence-electron chi connectivity index (χ3n) is 5.31. The molecule has 1 fully saturated rings. The van der Waals surface area contributed by atoms with Gasteiger partial charge in [-0.15, -0.1) is 0 Å². The smallest absolute Gasteiger partial charge is 0.261 e. The standard InChI is InChI=1S/C22H28N2O3/c1-15(2)14-20(25)17-10-12-24(13-11-17)22(27)18-8-9-19(23-21(18)26)16-6-4-3-5-7-16/h3-9,15,17,20,25H,10-14H2,1-2H3,(H,23,26)/t20-/m0/s1. The van der Waals surface area contributed by atoms with Crippen LogP contribution < -0.4 is 5.56 Å². The Morgan fingerprint density at radius 3 is 2.41 bits per heavy atom. The molecule has 0 radical (unpaired) electrons. The molecule has 0 spiro atoms. The van der Waals surface area contributed by atoms with E-state index >= 15 is 0 Å². The fourth-order valence-electron chi connectivity index (χ4n) is 3.76. The highest BCUT2D eigenvalue weighted by Crippen LogP contribution is 2.25. The molecule has 1 aliphatic rings. The number of piperidine rings is 1. The Bertz CT molecular complexity index is 821. The van der Waals surface area contributed by atoms with Crippen LogP contribution in [0.1, 0.15) is 43.5 Å². The van der Waals surface area contributed by atoms with Crippen LogP contribution in [-0.2, 0) is 0 Å². The summed E-state index contributed by atoms with van der Waals surface area (Å²) in [5, 5.41) is 10.3. The predicted octanol–water partition coefficient (Wildman–Crippen LogP) is 3.30. The van der Waals surface area contributed by atoms with Crippen molar-refractivity contribution in [2.24, 2.45) is 11.8 Å². The Hall–Kier alpha value is -2.40. The number of nitrogens with zero attached hydrogens (tertiary/aromatic N) is 1. The molecule has 1 aliphatic heterocycles. The lowest BCUT2D eigenvalue weighted by atomic mass is 9.87. The van der Waals surface area contributed by atoms with E-state index in [9.17, 15) is 14.7 Å². The molecule has 5 nitrogen and oxygen atoms in total. The average molecular weight is 368 g/mol. The molecule has 0 aliphatic carbocycles. The Balaban J connectivity index is 1.66. The van der Waals surface area contributed by atoms with Crippen molar-refractivity contribution in [2.75, 3.05) is 13.1 Å². The number of nitrogens with one attached hydrogen (secondary N) is 1. The SMILES string of the molecule is CC(C)C[C@H](O)C1CCN(C(=O)c2ccc(-c3ccccc3)[nH]c2=O)CC1. The number of carbonyl (C=O) groups excluding carboxylic acids is 1. The Morgan fingerprint density at radius 1 is 1.15 bits per heavy atom. The molecule has 144 valence electrons. The Morgan fingerprint density at radius 2 is 1.81 bits per heavy atom. The second-order valence-electron chi connectivity index (χ2n) is 7.81. The van der Waals surface area contributed by atoms with Gasteiger partial charge in [-0.05, 0) is 48.8 Å². The highest BCUT2D eigenvalue weighted by molar-refractivity contribution is 5.94. The number of aromatic amines is 1. The first kappa shape index (κ1) is 19.4. The zero-order valence-electron chi connectivity index (χ0n) is 16.0. The van der Waals surface area contributed by atoms with Crippen LogP contribution in [0.25, 0.3) is 11.3 Å². The number of carbonyl (C=O) groups is 1. The Labute approximate surface area is 160 Å². The minimum absolute atomic E-state index is 0.177. The van der Waals surface area contributed by atoms with E-state index in [4.69, 9.17) is 0 Å². The number of amides is 1. The van der Waals surface area contributed by atoms with E-state index in [-0.39, 0.29) is 29.1 Å². The molecule has 0 bridgehead atoms. The van der Waals surface area contributed by atoms with Crippen molar-refractivity contribution in [3.63, 3.8) is 0 Å². The van der Waals surface area contributed by atoms with Gasteiger partial charge in [0, 0.05) is 18.8 Å². The van der Waals surface area contributed by atoms with Gasteiger partial charge in [0.15, 0.2) is 0 Å². The van der Waals surface area contributed by atoms with Crippen molar-refractivity contribution in [1.82, 2.24) is 9.88 Å². The first-order chi connectivity index (χ1) is 13.0. The molecule has 2 aromatic rings. The number of likely N-dealkylation sites (tertiary alicyclic amines) is 1. The number of H-pyrrole nitrogens is 1. The van der Waals surface area contributed by atoms with Crippen LogP contribution in [0.5, 0.6) is 0 Å². The van der Waals surface area contributed by atoms with Gasteiger partial charge in [0.1, 0.15) is 5.56 Å². The van der Waals surface area contributed by atoms with Gasteiger partial charge in [-0.3, -0.25) is 9.59 Å². The topological polar surface area (TPSA) is 73.4 Å². The summed E-state index contributed by atoms with van der Waals surface area (Å²) in [6, 6.07) is 13.0. The number of aliphatic hydroxyl groups excluding tert-OH is 1. The molecule has 2 heterocycles. The van der Waals surface area contributed by atoms with Gasteiger partial charge in [0.05, 0.1) is 6.10 Å². The normalized spacial score (nSPS) is 16.5. The van der Waals surface area contributed by atoms with Crippen molar-refractivity contribution in [3.05, 3.63) is 58.4 Å². The van der Waals surface area contributed by atoms with Crippen molar-refractivity contribution >= 4 is 5.91 Å². The summed E-state index contributed by atoms with van der Waals surface area (Å²) in [6.45, 7) is 5.37. The molecular weight excluding hydrogens is 340 g/mol. The first-order valence-electron chi connectivity index (χ1n) is 9.71. The molecular formula is C22H28N2O3. The summed E-state index contributed by atoms with van der Waals surface area (Å²) >= 11 is 0. The van der Waals surface area contributed by atoms with Crippen LogP contribution in [0, 0.1) is 11.8 Å². The second kappa shape index (κ2) is 8.53. The summed E-state index contributed by atoms with van der Waals surface area (Å²) in [7, 11) is 0. The minimum atomic E-state index is -0.358. The lowest BCUT2D eigenvalue weighted by molar-refractivity contribution is 0.0384. The van der Waals surface area contributed by atoms with Gasteiger partial charge >= 0.3 is 0 Å². The number of aromatic nitrogens is 1. The van der Waals surface area contributed by atoms with Gasteiger partial charge in [-0.2, -0.15) is 0 Å². The summed E-state index contributed by atoms with van der Waals surface area (Å²) in [6.07, 6.45) is 2.04. The molecule has 1 atom stereocenters. The monoisotopic (exact) mass is 368 g/mol. The molecule has 1 aromatic heterocycles. The third-order valence-corrected chi connectivity index (χ3v) is 5.31. The molecule has 1 aromatic carbocycles. The summed E-state index contributed by atoms with van der Waals surface area (Å²) in [4.78, 5) is 29.8. The van der Waals surface area contributed by atoms with Crippen LogP contribution in [0.4, 0.5) is 0 Å². The van der Waals surface area contributed by atoms with Crippen LogP contribution >= 0.6 is 0 Å². The van der Waals surface area contributed by atoms with E-state index in [0.29, 0.717) is 24.7 Å². The quantitative estimate of drug-likeness (QED) is 0.850. The van der Waals surface area contributed by atoms with Crippen molar-refractivity contribution in [1.29, 1.82) is 0 Å². The molecule has 5 heteroatoms. The number of pyridine rings is 1. The van der Waals surface area contributed by atoms with Crippen molar-refractivity contribution in [3.8, 4) is 11.3 Å². The summed E-state index contributed by atoms with van der Waals surface area (Å²) < 4.78 is 0. The highest BCUT2D eigenvalue weighted by atomic mass is 16.3. The lowest BCUT2D eigenvalue weighted by Gasteiger charge is -2.34. The summed E-state index contributed by atoms with van der Waals surface area (Å²) in [5.74, 6) is 0.462. The number of hydrogen-bond acceptors (Lipinski definition) is 3. The van der Waals surface area contributed by atoms with E-state index in [1.807, 2.05) is 30.3 Å². The van der Waals surface area contributed by atoms with E-state index in [1.165, 1.54) is 0 Å². The van der Waals surface area contributed by atoms with Gasteiger partial charge in [-0.1, -0.05) is 44.2 Å². The third kappa shape index (κ3) is 4.66.